The predicted octanol–water partition coefficient (Wildman–Crippen LogP) is 1.27. The second-order valence-corrected chi connectivity index (χ2v) is 4.89. The van der Waals surface area contributed by atoms with Gasteiger partial charge in [0.05, 0.1) is 12.1 Å². The summed E-state index contributed by atoms with van der Waals surface area (Å²) < 4.78 is 5.63. The van der Waals surface area contributed by atoms with E-state index in [-0.39, 0.29) is 5.91 Å². The number of carbonyl (C=O) groups is 1. The Balaban J connectivity index is 1.78. The minimum Gasteiger partial charge on any atom is -0.491 e. The van der Waals surface area contributed by atoms with Crippen molar-refractivity contribution in [3.8, 4) is 5.75 Å². The summed E-state index contributed by atoms with van der Waals surface area (Å²) in [5, 5.41) is 3.43. The number of carbonyl (C=O) groups excluding carboxylic acids is 1. The van der Waals surface area contributed by atoms with Crippen molar-refractivity contribution in [1.29, 1.82) is 0 Å². The molecule has 3 rings (SSSR count). The van der Waals surface area contributed by atoms with E-state index in [0.29, 0.717) is 30.5 Å². The van der Waals surface area contributed by atoms with E-state index in [2.05, 4.69) is 5.32 Å². The maximum atomic E-state index is 12.4. The molecule has 1 unspecified atom stereocenters. The molecule has 0 aliphatic carbocycles. The second kappa shape index (κ2) is 4.98. The smallest absolute Gasteiger partial charge is 0.257 e. The quantitative estimate of drug-likeness (QED) is 0.854. The largest absolute Gasteiger partial charge is 0.491 e. The van der Waals surface area contributed by atoms with Gasteiger partial charge in [0.1, 0.15) is 12.4 Å². The lowest BCUT2D eigenvalue weighted by atomic mass is 10.1. The molecule has 1 saturated heterocycles. The van der Waals surface area contributed by atoms with Gasteiger partial charge in [-0.15, -0.1) is 0 Å². The molecule has 4 nitrogen and oxygen atoms in total. The molecule has 1 amide bonds. The summed E-state index contributed by atoms with van der Waals surface area (Å²) in [4.78, 5) is 14.4. The van der Waals surface area contributed by atoms with Crippen molar-refractivity contribution in [2.24, 2.45) is 0 Å². The lowest BCUT2D eigenvalue weighted by Crippen LogP contribution is -2.41. The van der Waals surface area contributed by atoms with E-state index in [0.717, 1.165) is 19.5 Å². The molecule has 0 bridgehead atoms. The van der Waals surface area contributed by atoms with E-state index in [1.165, 1.54) is 6.42 Å². The zero-order valence-corrected chi connectivity index (χ0v) is 10.4. The van der Waals surface area contributed by atoms with Gasteiger partial charge >= 0.3 is 0 Å². The highest BCUT2D eigenvalue weighted by molar-refractivity contribution is 5.97. The van der Waals surface area contributed by atoms with Crippen molar-refractivity contribution in [1.82, 2.24) is 10.2 Å². The molecule has 1 N–H and O–H groups in total. The molecule has 1 atom stereocenters. The van der Waals surface area contributed by atoms with Crippen molar-refractivity contribution in [2.45, 2.75) is 18.9 Å². The van der Waals surface area contributed by atoms with Crippen LogP contribution in [0.15, 0.2) is 24.3 Å². The van der Waals surface area contributed by atoms with Crippen molar-refractivity contribution in [3.63, 3.8) is 0 Å². The van der Waals surface area contributed by atoms with Crippen LogP contribution in [-0.4, -0.2) is 43.1 Å². The summed E-state index contributed by atoms with van der Waals surface area (Å²) in [6, 6.07) is 7.94. The molecule has 0 spiro atoms. The fourth-order valence-electron chi connectivity index (χ4n) is 2.66. The molecule has 1 aromatic rings. The van der Waals surface area contributed by atoms with Crippen LogP contribution in [0.2, 0.25) is 0 Å². The van der Waals surface area contributed by atoms with Crippen LogP contribution >= 0.6 is 0 Å². The van der Waals surface area contributed by atoms with Gasteiger partial charge in [0.15, 0.2) is 0 Å². The molecule has 2 aliphatic rings. The maximum absolute atomic E-state index is 12.4. The first-order valence-electron chi connectivity index (χ1n) is 6.59. The third kappa shape index (κ3) is 2.20. The number of para-hydroxylation sites is 1. The van der Waals surface area contributed by atoms with Gasteiger partial charge in [-0.05, 0) is 31.5 Å². The van der Waals surface area contributed by atoms with Crippen LogP contribution in [0.1, 0.15) is 23.2 Å². The lowest BCUT2D eigenvalue weighted by Gasteiger charge is -2.23. The highest BCUT2D eigenvalue weighted by Gasteiger charge is 2.26. The SMILES string of the molecule is O=C1c2ccccc2OCCN1CC1CCCN1. The number of rotatable bonds is 2. The van der Waals surface area contributed by atoms with Crippen molar-refractivity contribution in [2.75, 3.05) is 26.2 Å². The van der Waals surface area contributed by atoms with Crippen LogP contribution < -0.4 is 10.1 Å². The summed E-state index contributed by atoms with van der Waals surface area (Å²) in [7, 11) is 0. The highest BCUT2D eigenvalue weighted by Crippen LogP contribution is 2.23. The Morgan fingerprint density at radius 1 is 1.39 bits per heavy atom. The minimum atomic E-state index is 0.0943. The summed E-state index contributed by atoms with van der Waals surface area (Å²) in [5.41, 5.74) is 0.688. The summed E-state index contributed by atoms with van der Waals surface area (Å²) in [6.45, 7) is 3.11. The number of hydrogen-bond donors (Lipinski definition) is 1. The zero-order valence-electron chi connectivity index (χ0n) is 10.4. The van der Waals surface area contributed by atoms with Crippen molar-refractivity contribution >= 4 is 5.91 Å². The Morgan fingerprint density at radius 3 is 3.11 bits per heavy atom. The first-order valence-corrected chi connectivity index (χ1v) is 6.59. The number of fused-ring (bicyclic) bond motifs is 1. The monoisotopic (exact) mass is 246 g/mol. The van der Waals surface area contributed by atoms with E-state index >= 15 is 0 Å². The first kappa shape index (κ1) is 11.5. The average molecular weight is 246 g/mol. The number of nitrogens with one attached hydrogen (secondary N) is 1. The highest BCUT2D eigenvalue weighted by atomic mass is 16.5. The molecular weight excluding hydrogens is 228 g/mol. The van der Waals surface area contributed by atoms with Crippen molar-refractivity contribution in [3.05, 3.63) is 29.8 Å². The Labute approximate surface area is 107 Å². The van der Waals surface area contributed by atoms with E-state index in [9.17, 15) is 4.79 Å². The fourth-order valence-corrected chi connectivity index (χ4v) is 2.66. The van der Waals surface area contributed by atoms with Gasteiger partial charge in [0, 0.05) is 12.6 Å². The second-order valence-electron chi connectivity index (χ2n) is 4.89. The molecule has 1 fully saturated rings. The number of amides is 1. The van der Waals surface area contributed by atoms with Gasteiger partial charge in [-0.1, -0.05) is 12.1 Å². The molecular formula is C14H18N2O2. The van der Waals surface area contributed by atoms with Crippen LogP contribution in [0.3, 0.4) is 0 Å². The van der Waals surface area contributed by atoms with E-state index < -0.39 is 0 Å². The zero-order chi connectivity index (χ0) is 12.4. The van der Waals surface area contributed by atoms with Gasteiger partial charge in [0.2, 0.25) is 0 Å². The van der Waals surface area contributed by atoms with E-state index in [1.54, 1.807) is 0 Å². The summed E-state index contributed by atoms with van der Waals surface area (Å²) in [6.07, 6.45) is 2.37. The molecule has 2 aliphatic heterocycles. The lowest BCUT2D eigenvalue weighted by molar-refractivity contribution is 0.0741. The topological polar surface area (TPSA) is 41.6 Å². The third-order valence-electron chi connectivity index (χ3n) is 3.63. The fraction of sp³-hybridized carbons (Fsp3) is 0.500. The number of benzene rings is 1. The van der Waals surface area contributed by atoms with Gasteiger partial charge in [-0.3, -0.25) is 4.79 Å². The standard InChI is InChI=1S/C14H18N2O2/c17-14-12-5-1-2-6-13(12)18-9-8-16(14)10-11-4-3-7-15-11/h1-2,5-6,11,15H,3-4,7-10H2. The van der Waals surface area contributed by atoms with Gasteiger partial charge in [-0.2, -0.15) is 0 Å². The maximum Gasteiger partial charge on any atom is 0.257 e. The molecule has 1 aromatic carbocycles. The predicted molar refractivity (Wildman–Crippen MR) is 68.9 cm³/mol. The van der Waals surface area contributed by atoms with Crippen LogP contribution in [0.25, 0.3) is 0 Å². The number of nitrogens with zero attached hydrogens (tertiary/aromatic N) is 1. The number of hydrogen-bond acceptors (Lipinski definition) is 3. The van der Waals surface area contributed by atoms with Crippen LogP contribution in [0.5, 0.6) is 5.75 Å². The Morgan fingerprint density at radius 2 is 2.28 bits per heavy atom. The Hall–Kier alpha value is -1.55. The minimum absolute atomic E-state index is 0.0943. The number of ether oxygens (including phenoxy) is 1. The molecule has 2 heterocycles. The van der Waals surface area contributed by atoms with Crippen molar-refractivity contribution < 1.29 is 9.53 Å². The average Bonchev–Trinajstić information content (AvgIpc) is 2.85. The van der Waals surface area contributed by atoms with Crippen LogP contribution in [0.4, 0.5) is 0 Å². The molecule has 0 saturated carbocycles. The molecule has 0 aromatic heterocycles. The Bertz CT molecular complexity index is 441. The Kier molecular flexibility index (Phi) is 3.19. The molecule has 4 heteroatoms. The molecule has 96 valence electrons. The third-order valence-corrected chi connectivity index (χ3v) is 3.63. The van der Waals surface area contributed by atoms with Gasteiger partial charge in [0.25, 0.3) is 5.91 Å². The van der Waals surface area contributed by atoms with E-state index in [4.69, 9.17) is 4.74 Å². The molecule has 18 heavy (non-hydrogen) atoms. The van der Waals surface area contributed by atoms with Crippen LogP contribution in [-0.2, 0) is 0 Å². The summed E-state index contributed by atoms with van der Waals surface area (Å²) in [5.74, 6) is 0.807. The molecule has 0 radical (unpaired) electrons. The van der Waals surface area contributed by atoms with Crippen LogP contribution in [0, 0.1) is 0 Å². The normalized spacial score (nSPS) is 23.4. The summed E-state index contributed by atoms with van der Waals surface area (Å²) >= 11 is 0. The van der Waals surface area contributed by atoms with Gasteiger partial charge in [-0.25, -0.2) is 0 Å². The van der Waals surface area contributed by atoms with E-state index in [1.807, 2.05) is 29.2 Å². The van der Waals surface area contributed by atoms with Gasteiger partial charge < -0.3 is 15.0 Å². The first-order chi connectivity index (χ1) is 8.84.